The fourth-order valence-electron chi connectivity index (χ4n) is 1.53. The zero-order valence-corrected chi connectivity index (χ0v) is 16.0. The van der Waals surface area contributed by atoms with Gasteiger partial charge in [0.25, 0.3) is 0 Å². The molecule has 0 bridgehead atoms. The fraction of sp³-hybridized carbons (Fsp3) is 0.250. The Bertz CT molecular complexity index is 368. The van der Waals surface area contributed by atoms with Gasteiger partial charge in [-0.05, 0) is 0 Å². The maximum Gasteiger partial charge on any atom is 0 e. The summed E-state index contributed by atoms with van der Waals surface area (Å²) in [7, 11) is 3.65. The average molecular weight is 421 g/mol. The summed E-state index contributed by atoms with van der Waals surface area (Å²) in [6, 6.07) is 20.4. The molecule has 0 heterocycles. The first-order valence-corrected chi connectivity index (χ1v) is 6.06. The van der Waals surface area contributed by atoms with Crippen LogP contribution in [0.4, 0.5) is 0 Å². The van der Waals surface area contributed by atoms with Crippen molar-refractivity contribution in [2.75, 3.05) is 14.1 Å². The summed E-state index contributed by atoms with van der Waals surface area (Å²) in [6.07, 6.45) is 0. The van der Waals surface area contributed by atoms with Crippen LogP contribution in [0, 0.1) is 40.8 Å². The first-order chi connectivity index (χ1) is 8.86. The minimum absolute atomic E-state index is 0. The van der Waals surface area contributed by atoms with E-state index in [-0.39, 0.29) is 53.2 Å². The Hall–Kier alpha value is 0.000649. The van der Waals surface area contributed by atoms with Crippen LogP contribution in [0.3, 0.4) is 0 Å². The summed E-state index contributed by atoms with van der Waals surface area (Å²) in [4.78, 5) is 0. The molecule has 0 atom stereocenters. The molecule has 0 fully saturated rings. The van der Waals surface area contributed by atoms with E-state index in [0.29, 0.717) is 0 Å². The molecule has 0 N–H and O–H groups in total. The Labute approximate surface area is 161 Å². The van der Waals surface area contributed by atoms with Crippen LogP contribution in [-0.4, -0.2) is 14.1 Å². The van der Waals surface area contributed by atoms with E-state index in [4.69, 9.17) is 0 Å². The van der Waals surface area contributed by atoms with Crippen molar-refractivity contribution in [3.8, 4) is 0 Å². The van der Waals surface area contributed by atoms with Crippen LogP contribution in [0.25, 0.3) is 10.6 Å². The van der Waals surface area contributed by atoms with Gasteiger partial charge in [-0.25, -0.2) is 0 Å². The molecule has 0 saturated carbocycles. The summed E-state index contributed by atoms with van der Waals surface area (Å²) >= 11 is 0. The third kappa shape index (κ3) is 10.7. The van der Waals surface area contributed by atoms with Crippen molar-refractivity contribution in [3.63, 3.8) is 0 Å². The minimum atomic E-state index is 0. The number of hydrogen-bond donors (Lipinski definition) is 0. The maximum absolute atomic E-state index is 4.01. The van der Waals surface area contributed by atoms with E-state index in [0.717, 1.165) is 13.1 Å². The number of benzene rings is 2. The molecular weight excluding hydrogens is 400 g/mol. The van der Waals surface area contributed by atoms with Gasteiger partial charge in [-0.1, -0.05) is 71.8 Å². The van der Waals surface area contributed by atoms with Gasteiger partial charge in [0, 0.05) is 40.8 Å². The maximum atomic E-state index is 4.01. The van der Waals surface area contributed by atoms with Crippen LogP contribution in [0.15, 0.2) is 60.7 Å². The van der Waals surface area contributed by atoms with Crippen LogP contribution in [0.1, 0.15) is 11.1 Å². The number of hydrogen-bond acceptors (Lipinski definition) is 0. The van der Waals surface area contributed by atoms with Gasteiger partial charge in [0.2, 0.25) is 0 Å². The predicted octanol–water partition coefficient (Wildman–Crippen LogP) is 4.80. The van der Waals surface area contributed by atoms with E-state index in [2.05, 4.69) is 34.9 Å². The molecule has 2 aromatic carbocycles. The second-order valence-corrected chi connectivity index (χ2v) is 3.92. The Morgan fingerprint density at radius 1 is 0.650 bits per heavy atom. The first kappa shape index (κ1) is 22.3. The van der Waals surface area contributed by atoms with Crippen LogP contribution in [0.2, 0.25) is 0 Å². The zero-order valence-electron chi connectivity index (χ0n) is 12.0. The van der Waals surface area contributed by atoms with Gasteiger partial charge >= 0.3 is 0 Å². The fourth-order valence-corrected chi connectivity index (χ4v) is 1.53. The molecule has 0 aliphatic heterocycles. The summed E-state index contributed by atoms with van der Waals surface area (Å²) in [5, 5.41) is 8.01. The largest absolute Gasteiger partial charge is 0.661 e. The van der Waals surface area contributed by atoms with E-state index in [9.17, 15) is 0 Å². The van der Waals surface area contributed by atoms with Crippen molar-refractivity contribution in [1.82, 2.24) is 0 Å². The summed E-state index contributed by atoms with van der Waals surface area (Å²) in [5.74, 6) is 0. The smallest absolute Gasteiger partial charge is 0 e. The van der Waals surface area contributed by atoms with Crippen molar-refractivity contribution >= 4 is 12.4 Å². The van der Waals surface area contributed by atoms with Gasteiger partial charge in [0.15, 0.2) is 0 Å². The molecule has 0 aliphatic carbocycles. The summed E-state index contributed by atoms with van der Waals surface area (Å²) in [6.45, 7) is 1.67. The van der Waals surface area contributed by atoms with Crippen molar-refractivity contribution < 1.29 is 40.8 Å². The van der Waals surface area contributed by atoms with Crippen molar-refractivity contribution in [2.45, 2.75) is 13.1 Å². The van der Waals surface area contributed by atoms with E-state index in [1.54, 1.807) is 0 Å². The van der Waals surface area contributed by atoms with Gasteiger partial charge in [0.05, 0.1) is 0 Å². The molecule has 0 aliphatic rings. The molecule has 2 rings (SSSR count). The van der Waals surface area contributed by atoms with E-state index in [1.165, 1.54) is 11.1 Å². The molecular formula is C16H21ClN2Nd-2. The second-order valence-electron chi connectivity index (χ2n) is 3.92. The Morgan fingerprint density at radius 2 is 0.950 bits per heavy atom. The Kier molecular flexibility index (Phi) is 17.1. The van der Waals surface area contributed by atoms with Crippen LogP contribution in [0.5, 0.6) is 0 Å². The van der Waals surface area contributed by atoms with E-state index >= 15 is 0 Å². The topological polar surface area (TPSA) is 28.2 Å². The standard InChI is InChI=1S/2C8H10N.ClH.Nd/c2*1-9-7-8-5-3-2-4-6-8;;/h2*2-6H,7H2,1H3;1H;/q2*-1;;. The molecule has 0 amide bonds. The molecule has 2 aromatic rings. The quantitative estimate of drug-likeness (QED) is 0.679. The third-order valence-corrected chi connectivity index (χ3v) is 2.37. The molecule has 0 spiro atoms. The summed E-state index contributed by atoms with van der Waals surface area (Å²) < 4.78 is 0. The third-order valence-electron chi connectivity index (χ3n) is 2.37. The van der Waals surface area contributed by atoms with Crippen LogP contribution >= 0.6 is 12.4 Å². The Balaban J connectivity index is 0. The van der Waals surface area contributed by atoms with Gasteiger partial charge < -0.3 is 10.6 Å². The predicted molar refractivity (Wildman–Crippen MR) is 86.1 cm³/mol. The number of nitrogens with zero attached hydrogens (tertiary/aromatic N) is 2. The van der Waals surface area contributed by atoms with E-state index in [1.807, 2.05) is 50.5 Å². The molecule has 20 heavy (non-hydrogen) atoms. The molecule has 0 saturated heterocycles. The summed E-state index contributed by atoms with van der Waals surface area (Å²) in [5.41, 5.74) is 2.56. The zero-order chi connectivity index (χ0) is 13.1. The van der Waals surface area contributed by atoms with Crippen molar-refractivity contribution in [3.05, 3.63) is 82.4 Å². The van der Waals surface area contributed by atoms with Crippen molar-refractivity contribution in [2.24, 2.45) is 0 Å². The molecule has 0 aromatic heterocycles. The van der Waals surface area contributed by atoms with Gasteiger partial charge in [-0.3, -0.25) is 0 Å². The average Bonchev–Trinajstić information content (AvgIpc) is 2.43. The first-order valence-electron chi connectivity index (χ1n) is 6.06. The number of halogens is 1. The normalized spacial score (nSPS) is 8.50. The van der Waals surface area contributed by atoms with Gasteiger partial charge in [0.1, 0.15) is 0 Å². The number of rotatable bonds is 4. The molecule has 4 heteroatoms. The van der Waals surface area contributed by atoms with Gasteiger partial charge in [-0.15, -0.1) is 25.5 Å². The molecule has 0 radical (unpaired) electrons. The monoisotopic (exact) mass is 418 g/mol. The van der Waals surface area contributed by atoms with Crippen LogP contribution < -0.4 is 0 Å². The van der Waals surface area contributed by atoms with Crippen molar-refractivity contribution in [1.29, 1.82) is 0 Å². The van der Waals surface area contributed by atoms with Gasteiger partial charge in [-0.2, -0.15) is 14.1 Å². The molecule has 0 unspecified atom stereocenters. The second kappa shape index (κ2) is 15.4. The minimum Gasteiger partial charge on any atom is -0.661 e. The van der Waals surface area contributed by atoms with E-state index < -0.39 is 0 Å². The molecule has 108 valence electrons. The SMILES string of the molecule is C[N-]Cc1ccccc1.C[N-]Cc1ccccc1.Cl.[Nd]. The Morgan fingerprint density at radius 3 is 1.20 bits per heavy atom. The van der Waals surface area contributed by atoms with Crippen LogP contribution in [-0.2, 0) is 13.1 Å². The molecule has 2 nitrogen and oxygen atoms in total.